The van der Waals surface area contributed by atoms with Gasteiger partial charge in [0.2, 0.25) is 0 Å². The average Bonchev–Trinajstić information content (AvgIpc) is 2.05. The third-order valence-electron chi connectivity index (χ3n) is 1.21. The van der Waals surface area contributed by atoms with E-state index in [0.717, 1.165) is 0 Å². The molecule has 0 bridgehead atoms. The van der Waals surface area contributed by atoms with Crippen molar-refractivity contribution in [1.29, 1.82) is 0 Å². The lowest BCUT2D eigenvalue weighted by molar-refractivity contribution is 0.0995. The van der Waals surface area contributed by atoms with E-state index in [2.05, 4.69) is 25.9 Å². The molecule has 0 aliphatic carbocycles. The number of rotatable bonds is 2. The van der Waals surface area contributed by atoms with Gasteiger partial charge in [0, 0.05) is 12.4 Å². The molecule has 0 spiro atoms. The van der Waals surface area contributed by atoms with E-state index < -0.39 is 0 Å². The molecule has 0 N–H and O–H groups in total. The summed E-state index contributed by atoms with van der Waals surface area (Å²) in [6.45, 7) is 1.77. The minimum Gasteiger partial charge on any atom is -0.293 e. The molecule has 58 valence electrons. The van der Waals surface area contributed by atoms with Crippen molar-refractivity contribution >= 4 is 21.7 Å². The van der Waals surface area contributed by atoms with E-state index in [0.29, 0.717) is 5.56 Å². The first-order valence-electron chi connectivity index (χ1n) is 3.15. The zero-order chi connectivity index (χ0) is 8.27. The maximum Gasteiger partial charge on any atom is 0.179 e. The van der Waals surface area contributed by atoms with Gasteiger partial charge in [0.15, 0.2) is 5.78 Å². The largest absolute Gasteiger partial charge is 0.293 e. The molecule has 0 aliphatic rings. The van der Waals surface area contributed by atoms with Crippen molar-refractivity contribution < 1.29 is 4.79 Å². The molecular formula is C7H7BrN2O. The maximum absolute atomic E-state index is 11.2. The molecule has 4 heteroatoms. The van der Waals surface area contributed by atoms with Gasteiger partial charge < -0.3 is 0 Å². The topological polar surface area (TPSA) is 42.9 Å². The zero-order valence-corrected chi connectivity index (χ0v) is 7.58. The molecule has 0 fully saturated rings. The normalized spacial score (nSPS) is 12.5. The summed E-state index contributed by atoms with van der Waals surface area (Å²) in [7, 11) is 0. The Hall–Kier alpha value is -0.770. The summed E-state index contributed by atoms with van der Waals surface area (Å²) in [5, 5.41) is 0. The van der Waals surface area contributed by atoms with Crippen molar-refractivity contribution in [2.45, 2.75) is 11.8 Å². The van der Waals surface area contributed by atoms with Gasteiger partial charge in [0.25, 0.3) is 0 Å². The predicted molar refractivity (Wildman–Crippen MR) is 44.8 cm³/mol. The first-order valence-corrected chi connectivity index (χ1v) is 4.06. The van der Waals surface area contributed by atoms with Gasteiger partial charge in [-0.05, 0) is 6.92 Å². The fourth-order valence-corrected chi connectivity index (χ4v) is 0.920. The highest BCUT2D eigenvalue weighted by Crippen LogP contribution is 2.06. The van der Waals surface area contributed by atoms with Crippen LogP contribution in [0.2, 0.25) is 0 Å². The van der Waals surface area contributed by atoms with E-state index >= 15 is 0 Å². The number of nitrogens with zero attached hydrogens (tertiary/aromatic N) is 2. The molecule has 1 aromatic rings. The van der Waals surface area contributed by atoms with Gasteiger partial charge in [-0.15, -0.1) is 0 Å². The van der Waals surface area contributed by atoms with E-state index in [1.54, 1.807) is 6.92 Å². The second kappa shape index (κ2) is 3.57. The number of carbonyl (C=O) groups excluding carboxylic acids is 1. The number of Topliss-reactive ketones (excluding diaryl/α,β-unsaturated/α-hetero) is 1. The van der Waals surface area contributed by atoms with Crippen LogP contribution in [0.25, 0.3) is 0 Å². The van der Waals surface area contributed by atoms with Crippen molar-refractivity contribution in [2.75, 3.05) is 0 Å². The van der Waals surface area contributed by atoms with Gasteiger partial charge in [-0.3, -0.25) is 4.79 Å². The molecule has 1 atom stereocenters. The highest BCUT2D eigenvalue weighted by molar-refractivity contribution is 9.10. The SMILES string of the molecule is CC(Br)C(=O)c1cncnc1. The van der Waals surface area contributed by atoms with Crippen molar-refractivity contribution in [2.24, 2.45) is 0 Å². The van der Waals surface area contributed by atoms with Crippen molar-refractivity contribution in [3.63, 3.8) is 0 Å². The summed E-state index contributed by atoms with van der Waals surface area (Å²) >= 11 is 3.17. The average molecular weight is 215 g/mol. The van der Waals surface area contributed by atoms with Crippen LogP contribution in [0.4, 0.5) is 0 Å². The number of carbonyl (C=O) groups is 1. The van der Waals surface area contributed by atoms with Crippen LogP contribution < -0.4 is 0 Å². The lowest BCUT2D eigenvalue weighted by Gasteiger charge is -1.99. The lowest BCUT2D eigenvalue weighted by atomic mass is 10.2. The Kier molecular flexibility index (Phi) is 2.70. The van der Waals surface area contributed by atoms with E-state index in [1.165, 1.54) is 18.7 Å². The second-order valence-corrected chi connectivity index (χ2v) is 3.48. The van der Waals surface area contributed by atoms with Gasteiger partial charge in [0.05, 0.1) is 10.4 Å². The summed E-state index contributed by atoms with van der Waals surface area (Å²) < 4.78 is 0. The highest BCUT2D eigenvalue weighted by atomic mass is 79.9. The quantitative estimate of drug-likeness (QED) is 0.553. The van der Waals surface area contributed by atoms with Crippen molar-refractivity contribution in [3.8, 4) is 0 Å². The van der Waals surface area contributed by atoms with E-state index in [1.807, 2.05) is 0 Å². The predicted octanol–water partition coefficient (Wildman–Crippen LogP) is 1.44. The summed E-state index contributed by atoms with van der Waals surface area (Å²) in [6.07, 6.45) is 4.41. The molecule has 1 heterocycles. The van der Waals surface area contributed by atoms with Gasteiger partial charge in [-0.25, -0.2) is 9.97 Å². The first-order chi connectivity index (χ1) is 5.22. The van der Waals surface area contributed by atoms with Gasteiger partial charge in [-0.2, -0.15) is 0 Å². The number of ketones is 1. The maximum atomic E-state index is 11.2. The van der Waals surface area contributed by atoms with Crippen molar-refractivity contribution in [1.82, 2.24) is 9.97 Å². The van der Waals surface area contributed by atoms with Crippen LogP contribution in [-0.4, -0.2) is 20.6 Å². The molecule has 0 aromatic carbocycles. The minimum absolute atomic E-state index is 0.00519. The Bertz CT molecular complexity index is 248. The fourth-order valence-electron chi connectivity index (χ4n) is 0.656. The van der Waals surface area contributed by atoms with Gasteiger partial charge >= 0.3 is 0 Å². The van der Waals surface area contributed by atoms with Crippen LogP contribution in [0.5, 0.6) is 0 Å². The zero-order valence-electron chi connectivity index (χ0n) is 5.99. The molecule has 0 radical (unpaired) electrons. The van der Waals surface area contributed by atoms with E-state index in [9.17, 15) is 4.79 Å². The van der Waals surface area contributed by atoms with Gasteiger partial charge in [-0.1, -0.05) is 15.9 Å². The summed E-state index contributed by atoms with van der Waals surface area (Å²) in [4.78, 5) is 18.5. The van der Waals surface area contributed by atoms with Crippen LogP contribution in [0.3, 0.4) is 0 Å². The fraction of sp³-hybridized carbons (Fsp3) is 0.286. The molecule has 1 rings (SSSR count). The molecular weight excluding hydrogens is 208 g/mol. The first kappa shape index (κ1) is 8.33. The van der Waals surface area contributed by atoms with Crippen LogP contribution in [0, 0.1) is 0 Å². The third-order valence-corrected chi connectivity index (χ3v) is 1.62. The summed E-state index contributed by atoms with van der Waals surface area (Å²) in [6, 6.07) is 0. The Labute approximate surface area is 73.0 Å². The lowest BCUT2D eigenvalue weighted by Crippen LogP contribution is -2.10. The molecule has 1 unspecified atom stereocenters. The third kappa shape index (κ3) is 2.08. The van der Waals surface area contributed by atoms with E-state index in [-0.39, 0.29) is 10.6 Å². The second-order valence-electron chi connectivity index (χ2n) is 2.11. The molecule has 0 amide bonds. The Balaban J connectivity index is 2.86. The number of hydrogen-bond acceptors (Lipinski definition) is 3. The molecule has 0 aliphatic heterocycles. The molecule has 3 nitrogen and oxygen atoms in total. The number of aromatic nitrogens is 2. The van der Waals surface area contributed by atoms with Gasteiger partial charge in [0.1, 0.15) is 6.33 Å². The standard InChI is InChI=1S/C7H7BrN2O/c1-5(8)7(11)6-2-9-4-10-3-6/h2-5H,1H3. The summed E-state index contributed by atoms with van der Waals surface area (Å²) in [5.41, 5.74) is 0.539. The molecule has 1 aromatic heterocycles. The molecule has 0 saturated heterocycles. The minimum atomic E-state index is -0.173. The monoisotopic (exact) mass is 214 g/mol. The highest BCUT2D eigenvalue weighted by Gasteiger charge is 2.11. The Morgan fingerprint density at radius 1 is 1.55 bits per heavy atom. The van der Waals surface area contributed by atoms with E-state index in [4.69, 9.17) is 0 Å². The number of hydrogen-bond donors (Lipinski definition) is 0. The van der Waals surface area contributed by atoms with Crippen molar-refractivity contribution in [3.05, 3.63) is 24.3 Å². The Morgan fingerprint density at radius 3 is 2.55 bits per heavy atom. The number of alkyl halides is 1. The smallest absolute Gasteiger partial charge is 0.179 e. The summed E-state index contributed by atoms with van der Waals surface area (Å²) in [5.74, 6) is 0.00519. The van der Waals surface area contributed by atoms with Crippen LogP contribution in [-0.2, 0) is 0 Å². The number of halogens is 1. The van der Waals surface area contributed by atoms with Crippen LogP contribution in [0.15, 0.2) is 18.7 Å². The van der Waals surface area contributed by atoms with Crippen LogP contribution in [0.1, 0.15) is 17.3 Å². The molecule has 11 heavy (non-hydrogen) atoms. The Morgan fingerprint density at radius 2 is 2.09 bits per heavy atom. The molecule has 0 saturated carbocycles. The van der Waals surface area contributed by atoms with Crippen LogP contribution >= 0.6 is 15.9 Å².